The lowest BCUT2D eigenvalue weighted by Crippen LogP contribution is -2.22. The molecule has 2 heterocycles. The van der Waals surface area contributed by atoms with Gasteiger partial charge in [0.1, 0.15) is 5.82 Å². The van der Waals surface area contributed by atoms with Crippen molar-refractivity contribution in [3.05, 3.63) is 23.3 Å². The maximum atomic E-state index is 4.79. The first-order valence-corrected chi connectivity index (χ1v) is 9.53. The van der Waals surface area contributed by atoms with E-state index in [0.717, 1.165) is 24.5 Å². The SMILES string of the molecule is CCCNC(C)c1cnc(C2SCCSC2C)nc1C. The number of rotatable bonds is 5. The fourth-order valence-corrected chi connectivity index (χ4v) is 5.14. The van der Waals surface area contributed by atoms with Crippen LogP contribution in [0, 0.1) is 6.92 Å². The van der Waals surface area contributed by atoms with Crippen LogP contribution in [0.3, 0.4) is 0 Å². The summed E-state index contributed by atoms with van der Waals surface area (Å²) in [6.07, 6.45) is 3.17. The Kier molecular flexibility index (Phi) is 6.18. The number of nitrogens with one attached hydrogen (secondary N) is 1. The molecule has 1 aliphatic rings. The summed E-state index contributed by atoms with van der Waals surface area (Å²) >= 11 is 4.04. The van der Waals surface area contributed by atoms with E-state index in [2.05, 4.69) is 38.0 Å². The van der Waals surface area contributed by atoms with E-state index in [1.807, 2.05) is 29.7 Å². The lowest BCUT2D eigenvalue weighted by atomic mass is 10.1. The van der Waals surface area contributed by atoms with E-state index in [4.69, 9.17) is 4.98 Å². The smallest absolute Gasteiger partial charge is 0.142 e. The van der Waals surface area contributed by atoms with Crippen molar-refractivity contribution in [1.82, 2.24) is 15.3 Å². The molecule has 5 heteroatoms. The molecule has 1 aliphatic heterocycles. The van der Waals surface area contributed by atoms with Crippen LogP contribution in [0.2, 0.25) is 0 Å². The largest absolute Gasteiger partial charge is 0.310 e. The summed E-state index contributed by atoms with van der Waals surface area (Å²) in [6.45, 7) is 9.81. The molecule has 2 rings (SSSR count). The number of aryl methyl sites for hydroxylation is 1. The third-order valence-electron chi connectivity index (χ3n) is 3.65. The first-order chi connectivity index (χ1) is 9.63. The average Bonchev–Trinajstić information content (AvgIpc) is 2.45. The van der Waals surface area contributed by atoms with Crippen LogP contribution < -0.4 is 5.32 Å². The van der Waals surface area contributed by atoms with Gasteiger partial charge < -0.3 is 5.32 Å². The van der Waals surface area contributed by atoms with Crippen molar-refractivity contribution >= 4 is 23.5 Å². The maximum absolute atomic E-state index is 4.79. The zero-order chi connectivity index (χ0) is 14.5. The van der Waals surface area contributed by atoms with Crippen LogP contribution >= 0.6 is 23.5 Å². The monoisotopic (exact) mass is 311 g/mol. The fraction of sp³-hybridized carbons (Fsp3) is 0.733. The minimum atomic E-state index is 0.329. The average molecular weight is 312 g/mol. The van der Waals surface area contributed by atoms with Crippen molar-refractivity contribution < 1.29 is 0 Å². The van der Waals surface area contributed by atoms with Gasteiger partial charge in [-0.2, -0.15) is 11.8 Å². The first-order valence-electron chi connectivity index (χ1n) is 7.43. The van der Waals surface area contributed by atoms with Crippen molar-refractivity contribution in [3.63, 3.8) is 0 Å². The number of thioether (sulfide) groups is 2. The minimum absolute atomic E-state index is 0.329. The van der Waals surface area contributed by atoms with Gasteiger partial charge in [0.2, 0.25) is 0 Å². The highest BCUT2D eigenvalue weighted by molar-refractivity contribution is 8.06. The van der Waals surface area contributed by atoms with Gasteiger partial charge in [-0.3, -0.25) is 0 Å². The highest BCUT2D eigenvalue weighted by Gasteiger charge is 2.27. The molecule has 20 heavy (non-hydrogen) atoms. The van der Waals surface area contributed by atoms with Gasteiger partial charge in [-0.25, -0.2) is 9.97 Å². The Labute approximate surface area is 131 Å². The van der Waals surface area contributed by atoms with E-state index in [1.54, 1.807) is 0 Å². The molecule has 1 N–H and O–H groups in total. The van der Waals surface area contributed by atoms with Gasteiger partial charge in [0, 0.05) is 40.3 Å². The lowest BCUT2D eigenvalue weighted by Gasteiger charge is -2.27. The van der Waals surface area contributed by atoms with Crippen LogP contribution in [0.25, 0.3) is 0 Å². The predicted molar refractivity (Wildman–Crippen MR) is 90.6 cm³/mol. The second-order valence-electron chi connectivity index (χ2n) is 5.31. The molecule has 0 amide bonds. The van der Waals surface area contributed by atoms with E-state index in [0.29, 0.717) is 16.5 Å². The summed E-state index contributed by atoms with van der Waals surface area (Å²) in [6, 6.07) is 0.329. The van der Waals surface area contributed by atoms with Gasteiger partial charge in [-0.05, 0) is 26.8 Å². The third kappa shape index (κ3) is 3.89. The molecule has 112 valence electrons. The van der Waals surface area contributed by atoms with Crippen LogP contribution in [-0.4, -0.2) is 33.3 Å². The van der Waals surface area contributed by atoms with Crippen molar-refractivity contribution in [2.75, 3.05) is 18.1 Å². The summed E-state index contributed by atoms with van der Waals surface area (Å²) in [4.78, 5) is 9.45. The van der Waals surface area contributed by atoms with Crippen molar-refractivity contribution in [3.8, 4) is 0 Å². The van der Waals surface area contributed by atoms with Crippen LogP contribution in [0.4, 0.5) is 0 Å². The van der Waals surface area contributed by atoms with Gasteiger partial charge in [0.25, 0.3) is 0 Å². The fourth-order valence-electron chi connectivity index (χ4n) is 2.44. The molecule has 1 aromatic rings. The summed E-state index contributed by atoms with van der Waals surface area (Å²) < 4.78 is 0. The zero-order valence-electron chi connectivity index (χ0n) is 12.8. The zero-order valence-corrected chi connectivity index (χ0v) is 14.5. The standard InChI is InChI=1S/C15H25N3S2/c1-5-6-16-10(2)13-9-17-15(18-11(13)3)14-12(4)19-7-8-20-14/h9-10,12,14,16H,5-8H2,1-4H3. The number of hydrogen-bond acceptors (Lipinski definition) is 5. The molecule has 0 saturated carbocycles. The molecule has 1 saturated heterocycles. The van der Waals surface area contributed by atoms with Gasteiger partial charge in [-0.1, -0.05) is 13.8 Å². The molecule has 1 fully saturated rings. The Morgan fingerprint density at radius 3 is 2.80 bits per heavy atom. The number of nitrogens with zero attached hydrogens (tertiary/aromatic N) is 2. The molecular weight excluding hydrogens is 286 g/mol. The second-order valence-corrected chi connectivity index (χ2v) is 8.05. The molecule has 3 atom stereocenters. The molecule has 0 aliphatic carbocycles. The molecule has 3 nitrogen and oxygen atoms in total. The highest BCUT2D eigenvalue weighted by Crippen LogP contribution is 2.41. The van der Waals surface area contributed by atoms with Crippen LogP contribution in [0.5, 0.6) is 0 Å². The molecule has 0 radical (unpaired) electrons. The van der Waals surface area contributed by atoms with Crippen LogP contribution in [-0.2, 0) is 0 Å². The Hall–Kier alpha value is -0.260. The highest BCUT2D eigenvalue weighted by atomic mass is 32.2. The summed E-state index contributed by atoms with van der Waals surface area (Å²) in [7, 11) is 0. The van der Waals surface area contributed by atoms with Crippen LogP contribution in [0.1, 0.15) is 55.6 Å². The van der Waals surface area contributed by atoms with Crippen molar-refractivity contribution in [2.45, 2.75) is 50.7 Å². The summed E-state index contributed by atoms with van der Waals surface area (Å²) in [5.41, 5.74) is 2.35. The molecule has 0 bridgehead atoms. The molecule has 3 unspecified atom stereocenters. The Morgan fingerprint density at radius 2 is 2.15 bits per heavy atom. The van der Waals surface area contributed by atoms with E-state index < -0.39 is 0 Å². The normalized spacial score (nSPS) is 24.6. The van der Waals surface area contributed by atoms with Gasteiger partial charge >= 0.3 is 0 Å². The Balaban J connectivity index is 2.12. The number of aromatic nitrogens is 2. The second kappa shape index (κ2) is 7.66. The molecule has 1 aromatic heterocycles. The van der Waals surface area contributed by atoms with E-state index in [-0.39, 0.29) is 0 Å². The minimum Gasteiger partial charge on any atom is -0.310 e. The predicted octanol–water partition coefficient (Wildman–Crippen LogP) is 3.76. The van der Waals surface area contributed by atoms with Crippen molar-refractivity contribution in [2.24, 2.45) is 0 Å². The lowest BCUT2D eigenvalue weighted by molar-refractivity contribution is 0.562. The van der Waals surface area contributed by atoms with E-state index in [1.165, 1.54) is 17.1 Å². The topological polar surface area (TPSA) is 37.8 Å². The molecular formula is C15H25N3S2. The summed E-state index contributed by atoms with van der Waals surface area (Å²) in [5.74, 6) is 3.47. The summed E-state index contributed by atoms with van der Waals surface area (Å²) in [5, 5.41) is 4.56. The van der Waals surface area contributed by atoms with Gasteiger partial charge in [0.15, 0.2) is 0 Å². The van der Waals surface area contributed by atoms with E-state index in [9.17, 15) is 0 Å². The van der Waals surface area contributed by atoms with Crippen molar-refractivity contribution in [1.29, 1.82) is 0 Å². The Morgan fingerprint density at radius 1 is 1.40 bits per heavy atom. The van der Waals surface area contributed by atoms with Crippen LogP contribution in [0.15, 0.2) is 6.20 Å². The molecule has 0 aromatic carbocycles. The quantitative estimate of drug-likeness (QED) is 0.896. The third-order valence-corrected chi connectivity index (χ3v) is 6.73. The van der Waals surface area contributed by atoms with Gasteiger partial charge in [-0.15, -0.1) is 11.8 Å². The first kappa shape index (κ1) is 16.1. The van der Waals surface area contributed by atoms with Gasteiger partial charge in [0.05, 0.1) is 5.25 Å². The molecule has 0 spiro atoms. The maximum Gasteiger partial charge on any atom is 0.142 e. The Bertz CT molecular complexity index is 439. The number of hydrogen-bond donors (Lipinski definition) is 1. The van der Waals surface area contributed by atoms with E-state index >= 15 is 0 Å².